The van der Waals surface area contributed by atoms with Gasteiger partial charge in [-0.2, -0.15) is 13.2 Å². The van der Waals surface area contributed by atoms with Gasteiger partial charge >= 0.3 is 18.6 Å². The first-order valence-electron chi connectivity index (χ1n) is 13.0. The molecule has 5 rings (SSSR count). The van der Waals surface area contributed by atoms with Crippen molar-refractivity contribution >= 4 is 29.3 Å². The summed E-state index contributed by atoms with van der Waals surface area (Å²) in [5, 5.41) is 12.0. The van der Waals surface area contributed by atoms with Crippen LogP contribution in [0.3, 0.4) is 0 Å². The number of anilines is 3. The Morgan fingerprint density at radius 3 is 2.42 bits per heavy atom. The highest BCUT2D eigenvalue weighted by molar-refractivity contribution is 6.05. The minimum Gasteiger partial charge on any atom is -0.465 e. The average Bonchev–Trinajstić information content (AvgIpc) is 3.27. The molecule has 2 amide bonds. The molecule has 3 aromatic rings. The summed E-state index contributed by atoms with van der Waals surface area (Å²) in [4.78, 5) is 37.0. The van der Waals surface area contributed by atoms with Crippen molar-refractivity contribution in [3.63, 3.8) is 0 Å². The van der Waals surface area contributed by atoms with Crippen LogP contribution in [-0.2, 0) is 13.0 Å². The average molecular weight is 614 g/mol. The van der Waals surface area contributed by atoms with E-state index >= 15 is 0 Å². The first kappa shape index (κ1) is 29.9. The number of imide groups is 1. The lowest BCUT2D eigenvalue weighted by Crippen LogP contribution is -2.44. The van der Waals surface area contributed by atoms with E-state index in [4.69, 9.17) is 0 Å². The minimum atomic E-state index is -5.01. The van der Waals surface area contributed by atoms with Crippen molar-refractivity contribution in [2.45, 2.75) is 25.5 Å². The van der Waals surface area contributed by atoms with Crippen LogP contribution in [-0.4, -0.2) is 93.8 Å². The number of carbonyl (C=O) groups is 2. The van der Waals surface area contributed by atoms with Crippen LogP contribution in [0.5, 0.6) is 5.75 Å². The number of carboxylic acid groups (broad SMARTS) is 1. The number of hydrogen-bond acceptors (Lipinski definition) is 8. The second kappa shape index (κ2) is 11.3. The van der Waals surface area contributed by atoms with Crippen LogP contribution in [0.2, 0.25) is 0 Å². The van der Waals surface area contributed by atoms with Gasteiger partial charge in [0.1, 0.15) is 6.54 Å². The van der Waals surface area contributed by atoms with E-state index < -0.39 is 36.8 Å². The number of piperazine rings is 1. The van der Waals surface area contributed by atoms with Crippen molar-refractivity contribution in [2.24, 2.45) is 0 Å². The lowest BCUT2D eigenvalue weighted by atomic mass is 10.1. The number of likely N-dealkylation sites (N-methyl/N-ethyl adjacent to an activating group) is 1. The highest BCUT2D eigenvalue weighted by Gasteiger charge is 2.37. The Hall–Kier alpha value is -4.54. The van der Waals surface area contributed by atoms with Crippen LogP contribution in [0.15, 0.2) is 36.5 Å². The number of benzene rings is 1. The zero-order valence-corrected chi connectivity index (χ0v) is 22.5. The van der Waals surface area contributed by atoms with E-state index in [1.54, 1.807) is 0 Å². The summed E-state index contributed by atoms with van der Waals surface area (Å²) in [7, 11) is 1.95. The molecule has 2 aromatic heterocycles. The maximum absolute atomic E-state index is 13.6. The van der Waals surface area contributed by atoms with Gasteiger partial charge in [-0.3, -0.25) is 4.79 Å². The Balaban J connectivity index is 1.52. The molecule has 0 spiro atoms. The predicted molar refractivity (Wildman–Crippen MR) is 140 cm³/mol. The van der Waals surface area contributed by atoms with Crippen molar-refractivity contribution in [2.75, 3.05) is 50.0 Å². The number of ether oxygens (including phenoxy) is 1. The van der Waals surface area contributed by atoms with Crippen molar-refractivity contribution < 1.29 is 45.8 Å². The number of fused-ring (bicyclic) bond motifs is 1. The summed E-state index contributed by atoms with van der Waals surface area (Å²) in [5.74, 6) is -1.80. The van der Waals surface area contributed by atoms with Crippen LogP contribution in [0.4, 0.5) is 48.5 Å². The monoisotopic (exact) mass is 613 g/mol. The number of amides is 2. The summed E-state index contributed by atoms with van der Waals surface area (Å²) >= 11 is 0. The number of rotatable bonds is 6. The molecule has 43 heavy (non-hydrogen) atoms. The lowest BCUT2D eigenvalue weighted by Gasteiger charge is -2.34. The van der Waals surface area contributed by atoms with Crippen molar-refractivity contribution in [3.05, 3.63) is 47.8 Å². The molecule has 4 heterocycles. The summed E-state index contributed by atoms with van der Waals surface area (Å²) in [6.45, 7) is 0.915. The zero-order valence-electron chi connectivity index (χ0n) is 22.5. The SMILES string of the molecule is CN1CCN(c2ccc(OC(F)(F)F)c(Nc3nccc(-c4cc5c(n4CC(F)(F)F)CCN(C(=O)O)C5=O)n3)c2)CC1. The molecule has 1 saturated heterocycles. The maximum atomic E-state index is 13.6. The fraction of sp³-hybridized carbons (Fsp3) is 0.385. The Kier molecular flexibility index (Phi) is 7.85. The Morgan fingerprint density at radius 1 is 1.05 bits per heavy atom. The Morgan fingerprint density at radius 2 is 1.77 bits per heavy atom. The van der Waals surface area contributed by atoms with Gasteiger partial charge in [0.25, 0.3) is 5.91 Å². The van der Waals surface area contributed by atoms with Gasteiger partial charge in [0.05, 0.1) is 22.6 Å². The fourth-order valence-electron chi connectivity index (χ4n) is 5.04. The molecule has 17 heteroatoms. The first-order chi connectivity index (χ1) is 20.2. The summed E-state index contributed by atoms with van der Waals surface area (Å²) in [5.41, 5.74) is 0.00811. The third-order valence-corrected chi connectivity index (χ3v) is 7.05. The van der Waals surface area contributed by atoms with Crippen molar-refractivity contribution in [1.82, 2.24) is 24.3 Å². The Labute approximate surface area is 240 Å². The second-order valence-corrected chi connectivity index (χ2v) is 9.99. The van der Waals surface area contributed by atoms with E-state index in [0.717, 1.165) is 29.8 Å². The van der Waals surface area contributed by atoms with E-state index in [-0.39, 0.29) is 47.2 Å². The number of carbonyl (C=O) groups excluding carboxylic acids is 1. The molecule has 230 valence electrons. The molecule has 0 saturated carbocycles. The highest BCUT2D eigenvalue weighted by atomic mass is 19.4. The van der Waals surface area contributed by atoms with Gasteiger partial charge in [0.15, 0.2) is 5.75 Å². The molecule has 0 radical (unpaired) electrons. The van der Waals surface area contributed by atoms with Gasteiger partial charge in [-0.15, -0.1) is 13.2 Å². The first-order valence-corrected chi connectivity index (χ1v) is 13.0. The number of alkyl halides is 6. The van der Waals surface area contributed by atoms with Crippen LogP contribution < -0.4 is 15.0 Å². The zero-order chi connectivity index (χ0) is 31.1. The van der Waals surface area contributed by atoms with E-state index in [9.17, 15) is 41.0 Å². The van der Waals surface area contributed by atoms with Gasteiger partial charge in [0, 0.05) is 56.7 Å². The van der Waals surface area contributed by atoms with E-state index in [2.05, 4.69) is 24.9 Å². The van der Waals surface area contributed by atoms with Gasteiger partial charge < -0.3 is 29.5 Å². The quantitative estimate of drug-likeness (QED) is 0.386. The summed E-state index contributed by atoms with van der Waals surface area (Å²) in [6.07, 6.45) is -10.2. The molecule has 2 aliphatic heterocycles. The fourth-order valence-corrected chi connectivity index (χ4v) is 5.04. The maximum Gasteiger partial charge on any atom is 0.573 e. The normalized spacial score (nSPS) is 16.3. The molecule has 0 unspecified atom stereocenters. The molecule has 0 atom stereocenters. The van der Waals surface area contributed by atoms with Gasteiger partial charge in [-0.05, 0) is 37.4 Å². The van der Waals surface area contributed by atoms with Crippen LogP contribution in [0.1, 0.15) is 16.1 Å². The molecule has 11 nitrogen and oxygen atoms in total. The number of nitrogens with zero attached hydrogens (tertiary/aromatic N) is 6. The van der Waals surface area contributed by atoms with E-state index in [1.807, 2.05) is 11.9 Å². The molecule has 2 aliphatic rings. The number of halogens is 6. The molecule has 1 aromatic carbocycles. The smallest absolute Gasteiger partial charge is 0.465 e. The molecule has 1 fully saturated rings. The Bertz CT molecular complexity index is 1530. The molecule has 2 N–H and O–H groups in total. The van der Waals surface area contributed by atoms with Gasteiger partial charge in [-0.25, -0.2) is 19.7 Å². The number of hydrogen-bond donors (Lipinski definition) is 2. The standard InChI is InChI=1S/C26H25F6N7O4/c1-36-8-10-37(11-9-36)15-2-3-21(43-26(30,31)32)18(12-15)35-23-33-6-4-17(34-23)20-13-16-19(39(20)14-25(27,28)29)5-7-38(22(16)40)24(41)42/h2-4,6,12-13H,5,7-11,14H2,1H3,(H,41,42)(H,33,34,35). The number of nitrogens with one attached hydrogen (secondary N) is 1. The number of aromatic nitrogens is 3. The molecular weight excluding hydrogens is 588 g/mol. The van der Waals surface area contributed by atoms with Crippen LogP contribution in [0.25, 0.3) is 11.4 Å². The largest absolute Gasteiger partial charge is 0.573 e. The van der Waals surface area contributed by atoms with Gasteiger partial charge in [0.2, 0.25) is 5.95 Å². The second-order valence-electron chi connectivity index (χ2n) is 9.99. The van der Waals surface area contributed by atoms with Crippen LogP contribution >= 0.6 is 0 Å². The van der Waals surface area contributed by atoms with Crippen molar-refractivity contribution in [3.8, 4) is 17.1 Å². The van der Waals surface area contributed by atoms with Crippen molar-refractivity contribution in [1.29, 1.82) is 0 Å². The molecule has 0 bridgehead atoms. The predicted octanol–water partition coefficient (Wildman–Crippen LogP) is 4.58. The van der Waals surface area contributed by atoms with E-state index in [1.165, 1.54) is 24.4 Å². The third-order valence-electron chi connectivity index (χ3n) is 7.05. The van der Waals surface area contributed by atoms with Crippen LogP contribution in [0, 0.1) is 0 Å². The molecular formula is C26H25F6N7O4. The summed E-state index contributed by atoms with van der Waals surface area (Å²) in [6, 6.07) is 6.46. The van der Waals surface area contributed by atoms with E-state index in [0.29, 0.717) is 23.7 Å². The van der Waals surface area contributed by atoms with Gasteiger partial charge in [-0.1, -0.05) is 0 Å². The molecule has 0 aliphatic carbocycles. The third kappa shape index (κ3) is 6.76. The minimum absolute atomic E-state index is 0.0105. The highest BCUT2D eigenvalue weighted by Crippen LogP contribution is 2.37. The summed E-state index contributed by atoms with van der Waals surface area (Å²) < 4.78 is 85.3. The lowest BCUT2D eigenvalue weighted by molar-refractivity contribution is -0.274. The topological polar surface area (TPSA) is 116 Å².